The number of rotatable bonds is 3. The van der Waals surface area contributed by atoms with Gasteiger partial charge in [-0.3, -0.25) is 0 Å². The maximum absolute atomic E-state index is 14.2. The van der Waals surface area contributed by atoms with Crippen LogP contribution in [0, 0.1) is 5.82 Å². The van der Waals surface area contributed by atoms with Crippen LogP contribution in [0.3, 0.4) is 0 Å². The second-order valence-corrected chi connectivity index (χ2v) is 6.76. The van der Waals surface area contributed by atoms with Crippen molar-refractivity contribution in [1.82, 2.24) is 19.8 Å². The van der Waals surface area contributed by atoms with Gasteiger partial charge in [-0.1, -0.05) is 48.5 Å². The zero-order chi connectivity index (χ0) is 18.9. The SMILES string of the molecule is Fc1ccccc1-c1nnc2ccc(N3CC=C(c4ccccc4)CC3)nn12. The number of fused-ring (bicyclic) bond motifs is 1. The third-order valence-electron chi connectivity index (χ3n) is 5.04. The molecular weight excluding hydrogens is 353 g/mol. The van der Waals surface area contributed by atoms with E-state index in [1.807, 2.05) is 18.2 Å². The van der Waals surface area contributed by atoms with Crippen LogP contribution in [0.2, 0.25) is 0 Å². The molecule has 0 atom stereocenters. The summed E-state index contributed by atoms with van der Waals surface area (Å²) in [5.41, 5.74) is 3.62. The van der Waals surface area contributed by atoms with Crippen LogP contribution < -0.4 is 4.90 Å². The lowest BCUT2D eigenvalue weighted by molar-refractivity contribution is 0.629. The standard InChI is InChI=1S/C22H18FN5/c23-19-9-5-4-8-18(19)22-25-24-20-10-11-21(26-28(20)22)27-14-12-17(13-15-27)16-6-2-1-3-7-16/h1-12H,13-15H2. The topological polar surface area (TPSA) is 46.3 Å². The first kappa shape index (κ1) is 16.6. The Kier molecular flexibility index (Phi) is 4.09. The molecule has 0 amide bonds. The van der Waals surface area contributed by atoms with E-state index >= 15 is 0 Å². The molecule has 0 bridgehead atoms. The summed E-state index contributed by atoms with van der Waals surface area (Å²) in [6.45, 7) is 1.65. The Labute approximate surface area is 161 Å². The average molecular weight is 371 g/mol. The van der Waals surface area contributed by atoms with Crippen molar-refractivity contribution in [1.29, 1.82) is 0 Å². The molecule has 6 heteroatoms. The summed E-state index contributed by atoms with van der Waals surface area (Å²) in [4.78, 5) is 2.21. The first-order valence-corrected chi connectivity index (χ1v) is 9.26. The van der Waals surface area contributed by atoms with Gasteiger partial charge >= 0.3 is 0 Å². The van der Waals surface area contributed by atoms with Crippen LogP contribution in [0.4, 0.5) is 10.2 Å². The highest BCUT2D eigenvalue weighted by Gasteiger charge is 2.18. The Morgan fingerprint density at radius 3 is 2.46 bits per heavy atom. The molecule has 3 heterocycles. The molecule has 1 aliphatic rings. The Morgan fingerprint density at radius 1 is 0.857 bits per heavy atom. The minimum atomic E-state index is -0.336. The van der Waals surface area contributed by atoms with Crippen LogP contribution in [0.25, 0.3) is 22.6 Å². The van der Waals surface area contributed by atoms with Crippen molar-refractivity contribution >= 4 is 17.0 Å². The van der Waals surface area contributed by atoms with Crippen LogP contribution in [0.5, 0.6) is 0 Å². The van der Waals surface area contributed by atoms with Gasteiger partial charge in [-0.2, -0.15) is 4.52 Å². The average Bonchev–Trinajstić information content (AvgIpc) is 3.18. The quantitative estimate of drug-likeness (QED) is 0.541. The van der Waals surface area contributed by atoms with Crippen molar-refractivity contribution < 1.29 is 4.39 Å². The zero-order valence-electron chi connectivity index (χ0n) is 15.2. The minimum absolute atomic E-state index is 0.336. The normalized spacial score (nSPS) is 14.3. The highest BCUT2D eigenvalue weighted by atomic mass is 19.1. The van der Waals surface area contributed by atoms with Crippen molar-refractivity contribution in [3.05, 3.63) is 84.2 Å². The van der Waals surface area contributed by atoms with Crippen molar-refractivity contribution in [2.75, 3.05) is 18.0 Å². The molecule has 2 aromatic carbocycles. The molecule has 0 aliphatic carbocycles. The molecule has 4 aromatic rings. The third kappa shape index (κ3) is 2.93. The summed E-state index contributed by atoms with van der Waals surface area (Å²) in [6, 6.07) is 20.8. The van der Waals surface area contributed by atoms with Crippen LogP contribution >= 0.6 is 0 Å². The summed E-state index contributed by atoms with van der Waals surface area (Å²) < 4.78 is 15.8. The van der Waals surface area contributed by atoms with Gasteiger partial charge < -0.3 is 4.90 Å². The van der Waals surface area contributed by atoms with Gasteiger partial charge in [-0.25, -0.2) is 4.39 Å². The van der Waals surface area contributed by atoms with E-state index in [1.54, 1.807) is 22.7 Å². The Morgan fingerprint density at radius 2 is 1.68 bits per heavy atom. The van der Waals surface area contributed by atoms with E-state index in [9.17, 15) is 4.39 Å². The summed E-state index contributed by atoms with van der Waals surface area (Å²) >= 11 is 0. The predicted octanol–water partition coefficient (Wildman–Crippen LogP) is 4.22. The van der Waals surface area contributed by atoms with E-state index in [1.165, 1.54) is 17.2 Å². The molecule has 28 heavy (non-hydrogen) atoms. The largest absolute Gasteiger partial charge is 0.351 e. The number of halogens is 1. The molecule has 0 radical (unpaired) electrons. The molecule has 138 valence electrons. The van der Waals surface area contributed by atoms with Gasteiger partial charge in [0.25, 0.3) is 0 Å². The highest BCUT2D eigenvalue weighted by Crippen LogP contribution is 2.26. The molecule has 0 saturated carbocycles. The lowest BCUT2D eigenvalue weighted by atomic mass is 10.00. The van der Waals surface area contributed by atoms with Gasteiger partial charge in [-0.15, -0.1) is 15.3 Å². The fourth-order valence-electron chi connectivity index (χ4n) is 3.55. The van der Waals surface area contributed by atoms with Gasteiger partial charge in [0, 0.05) is 13.1 Å². The Balaban J connectivity index is 1.47. The van der Waals surface area contributed by atoms with Gasteiger partial charge in [0.2, 0.25) is 0 Å². The number of anilines is 1. The van der Waals surface area contributed by atoms with Crippen LogP contribution in [0.15, 0.2) is 72.8 Å². The molecule has 0 saturated heterocycles. The molecule has 1 aliphatic heterocycles. The van der Waals surface area contributed by atoms with Crippen molar-refractivity contribution in [2.45, 2.75) is 6.42 Å². The fraction of sp³-hybridized carbons (Fsp3) is 0.136. The number of aromatic nitrogens is 4. The molecule has 0 fully saturated rings. The van der Waals surface area contributed by atoms with Crippen LogP contribution in [-0.2, 0) is 0 Å². The zero-order valence-corrected chi connectivity index (χ0v) is 15.2. The van der Waals surface area contributed by atoms with Gasteiger partial charge in [0.15, 0.2) is 11.5 Å². The van der Waals surface area contributed by atoms with Crippen molar-refractivity contribution in [3.8, 4) is 11.4 Å². The summed E-state index contributed by atoms with van der Waals surface area (Å²) in [6.07, 6.45) is 3.20. The maximum Gasteiger partial charge on any atom is 0.188 e. The molecular formula is C22H18FN5. The first-order valence-electron chi connectivity index (χ1n) is 9.26. The van der Waals surface area contributed by atoms with E-state index in [-0.39, 0.29) is 5.82 Å². The second kappa shape index (κ2) is 6.88. The van der Waals surface area contributed by atoms with Crippen LogP contribution in [0.1, 0.15) is 12.0 Å². The number of nitrogens with zero attached hydrogens (tertiary/aromatic N) is 5. The van der Waals surface area contributed by atoms with E-state index in [4.69, 9.17) is 5.10 Å². The van der Waals surface area contributed by atoms with Crippen molar-refractivity contribution in [3.63, 3.8) is 0 Å². The molecule has 5 rings (SSSR count). The minimum Gasteiger partial charge on any atom is -0.351 e. The fourth-order valence-corrected chi connectivity index (χ4v) is 3.55. The first-order chi connectivity index (χ1) is 13.8. The molecule has 0 spiro atoms. The van der Waals surface area contributed by atoms with Crippen molar-refractivity contribution in [2.24, 2.45) is 0 Å². The molecule has 0 unspecified atom stereocenters. The lowest BCUT2D eigenvalue weighted by Gasteiger charge is -2.27. The van der Waals surface area contributed by atoms with E-state index in [0.717, 1.165) is 25.3 Å². The maximum atomic E-state index is 14.2. The summed E-state index contributed by atoms with van der Waals surface area (Å²) in [5, 5.41) is 13.0. The van der Waals surface area contributed by atoms with Crippen LogP contribution in [-0.4, -0.2) is 32.9 Å². The molecule has 0 N–H and O–H groups in total. The third-order valence-corrected chi connectivity index (χ3v) is 5.04. The lowest BCUT2D eigenvalue weighted by Crippen LogP contribution is -2.29. The smallest absolute Gasteiger partial charge is 0.188 e. The summed E-state index contributed by atoms with van der Waals surface area (Å²) in [5.74, 6) is 0.901. The van der Waals surface area contributed by atoms with E-state index < -0.39 is 0 Å². The monoisotopic (exact) mass is 371 g/mol. The number of benzene rings is 2. The predicted molar refractivity (Wildman–Crippen MR) is 107 cm³/mol. The van der Waals surface area contributed by atoms with Gasteiger partial charge in [0.1, 0.15) is 11.6 Å². The Bertz CT molecular complexity index is 1170. The van der Waals surface area contributed by atoms with E-state index in [0.29, 0.717) is 17.0 Å². The number of hydrogen-bond donors (Lipinski definition) is 0. The highest BCUT2D eigenvalue weighted by molar-refractivity contribution is 5.68. The van der Waals surface area contributed by atoms with E-state index in [2.05, 4.69) is 45.4 Å². The molecule has 5 nitrogen and oxygen atoms in total. The summed E-state index contributed by atoms with van der Waals surface area (Å²) in [7, 11) is 0. The molecule has 2 aromatic heterocycles. The second-order valence-electron chi connectivity index (χ2n) is 6.76. The van der Waals surface area contributed by atoms with Gasteiger partial charge in [-0.05, 0) is 41.8 Å². The Hall–Kier alpha value is -3.54. The number of hydrogen-bond acceptors (Lipinski definition) is 4. The van der Waals surface area contributed by atoms with Gasteiger partial charge in [0.05, 0.1) is 5.56 Å².